The molecule has 0 spiro atoms. The van der Waals surface area contributed by atoms with Crippen LogP contribution >= 0.6 is 0 Å². The number of aryl methyl sites for hydroxylation is 3. The van der Waals surface area contributed by atoms with E-state index >= 15 is 0 Å². The fraction of sp³-hybridized carbons (Fsp3) is 0.483. The molecule has 2 aliphatic rings. The van der Waals surface area contributed by atoms with E-state index in [1.165, 1.54) is 11.1 Å². The SMILES string of the molecule is Cc1nc2nc(C)c(C[C@@H]3CCN(c4cnc(-c5ccc(CN6CCN[C@@H](C)C6)cc5)nc4)C3)c(C)n2n1.[HH]. The Hall–Kier alpha value is -3.43. The number of hydrogen-bond acceptors (Lipinski definition) is 8. The summed E-state index contributed by atoms with van der Waals surface area (Å²) in [6, 6.07) is 9.27. The lowest BCUT2D eigenvalue weighted by Gasteiger charge is -2.31. The number of rotatable bonds is 6. The number of nitrogens with zero attached hydrogens (tertiary/aromatic N) is 8. The molecule has 6 rings (SSSR count). The third-order valence-corrected chi connectivity index (χ3v) is 8.01. The zero-order valence-electron chi connectivity index (χ0n) is 22.9. The van der Waals surface area contributed by atoms with Gasteiger partial charge in [-0.2, -0.15) is 10.1 Å². The van der Waals surface area contributed by atoms with Crippen molar-refractivity contribution in [3.63, 3.8) is 0 Å². The Kier molecular flexibility index (Phi) is 6.80. The molecule has 9 nitrogen and oxygen atoms in total. The Morgan fingerprint density at radius 3 is 2.55 bits per heavy atom. The first-order valence-corrected chi connectivity index (χ1v) is 13.7. The molecule has 0 bridgehead atoms. The van der Waals surface area contributed by atoms with Gasteiger partial charge < -0.3 is 10.2 Å². The van der Waals surface area contributed by atoms with Crippen LogP contribution in [0.2, 0.25) is 0 Å². The molecule has 2 fully saturated rings. The van der Waals surface area contributed by atoms with Crippen molar-refractivity contribution in [2.45, 2.75) is 53.1 Å². The van der Waals surface area contributed by atoms with Crippen molar-refractivity contribution in [2.75, 3.05) is 37.6 Å². The molecule has 1 N–H and O–H groups in total. The molecule has 0 unspecified atom stereocenters. The summed E-state index contributed by atoms with van der Waals surface area (Å²) in [5.41, 5.74) is 6.98. The quantitative estimate of drug-likeness (QED) is 0.418. The largest absolute Gasteiger partial charge is 0.369 e. The minimum atomic E-state index is 0. The van der Waals surface area contributed by atoms with Gasteiger partial charge in [0.15, 0.2) is 5.82 Å². The maximum atomic E-state index is 4.72. The smallest absolute Gasteiger partial charge is 0.252 e. The molecule has 0 amide bonds. The van der Waals surface area contributed by atoms with Crippen molar-refractivity contribution in [3.8, 4) is 11.4 Å². The summed E-state index contributed by atoms with van der Waals surface area (Å²) in [5, 5.41) is 8.04. The summed E-state index contributed by atoms with van der Waals surface area (Å²) >= 11 is 0. The van der Waals surface area contributed by atoms with Crippen molar-refractivity contribution >= 4 is 11.5 Å². The van der Waals surface area contributed by atoms with Crippen LogP contribution in [0.4, 0.5) is 5.69 Å². The summed E-state index contributed by atoms with van der Waals surface area (Å²) in [4.78, 5) is 23.5. The highest BCUT2D eigenvalue weighted by atomic mass is 15.3. The maximum Gasteiger partial charge on any atom is 0.252 e. The van der Waals surface area contributed by atoms with E-state index in [2.05, 4.69) is 70.2 Å². The van der Waals surface area contributed by atoms with E-state index in [1.54, 1.807) is 0 Å². The van der Waals surface area contributed by atoms with Crippen LogP contribution < -0.4 is 10.2 Å². The average Bonchev–Trinajstić information content (AvgIpc) is 3.53. The van der Waals surface area contributed by atoms with E-state index in [4.69, 9.17) is 15.0 Å². The molecule has 0 saturated carbocycles. The number of hydrogen-bond donors (Lipinski definition) is 1. The molecule has 2 atom stereocenters. The van der Waals surface area contributed by atoms with Gasteiger partial charge in [0.25, 0.3) is 5.78 Å². The van der Waals surface area contributed by atoms with Gasteiger partial charge in [0.1, 0.15) is 5.82 Å². The zero-order valence-corrected chi connectivity index (χ0v) is 22.9. The topological polar surface area (TPSA) is 87.4 Å². The summed E-state index contributed by atoms with van der Waals surface area (Å²) in [5.74, 6) is 2.78. The Bertz CT molecular complexity index is 1420. The number of nitrogens with one attached hydrogen (secondary N) is 1. The second-order valence-electron chi connectivity index (χ2n) is 11.0. The third kappa shape index (κ3) is 5.13. The second-order valence-corrected chi connectivity index (χ2v) is 11.0. The Morgan fingerprint density at radius 1 is 1.00 bits per heavy atom. The number of anilines is 1. The lowest BCUT2D eigenvalue weighted by molar-refractivity contribution is 0.199. The van der Waals surface area contributed by atoms with Gasteiger partial charge in [-0.1, -0.05) is 24.3 Å². The molecule has 38 heavy (non-hydrogen) atoms. The average molecular weight is 514 g/mol. The van der Waals surface area contributed by atoms with E-state index in [9.17, 15) is 0 Å². The number of benzene rings is 1. The van der Waals surface area contributed by atoms with E-state index in [-0.39, 0.29) is 1.43 Å². The number of piperazine rings is 1. The summed E-state index contributed by atoms with van der Waals surface area (Å²) in [7, 11) is 0. The predicted octanol–water partition coefficient (Wildman–Crippen LogP) is 3.62. The summed E-state index contributed by atoms with van der Waals surface area (Å²) in [6.45, 7) is 14.6. The van der Waals surface area contributed by atoms with E-state index < -0.39 is 0 Å². The minimum Gasteiger partial charge on any atom is -0.369 e. The van der Waals surface area contributed by atoms with Crippen molar-refractivity contribution < 1.29 is 1.43 Å². The highest BCUT2D eigenvalue weighted by Gasteiger charge is 2.26. The first-order chi connectivity index (χ1) is 18.4. The summed E-state index contributed by atoms with van der Waals surface area (Å²) in [6.07, 6.45) is 6.09. The zero-order chi connectivity index (χ0) is 26.2. The fourth-order valence-corrected chi connectivity index (χ4v) is 5.93. The maximum absolute atomic E-state index is 4.72. The predicted molar refractivity (Wildman–Crippen MR) is 151 cm³/mol. The Labute approximate surface area is 225 Å². The molecule has 200 valence electrons. The molecule has 2 aliphatic heterocycles. The van der Waals surface area contributed by atoms with E-state index in [0.717, 1.165) is 86.4 Å². The van der Waals surface area contributed by atoms with Crippen LogP contribution in [0.5, 0.6) is 0 Å². The van der Waals surface area contributed by atoms with Crippen LogP contribution in [-0.4, -0.2) is 73.2 Å². The van der Waals surface area contributed by atoms with Crippen molar-refractivity contribution in [1.29, 1.82) is 0 Å². The highest BCUT2D eigenvalue weighted by molar-refractivity contribution is 5.57. The van der Waals surface area contributed by atoms with Gasteiger partial charge in [-0.25, -0.2) is 19.5 Å². The van der Waals surface area contributed by atoms with Gasteiger partial charge in [-0.3, -0.25) is 4.90 Å². The number of fused-ring (bicyclic) bond motifs is 1. The molecule has 5 heterocycles. The van der Waals surface area contributed by atoms with Crippen LogP contribution in [0.3, 0.4) is 0 Å². The minimum absolute atomic E-state index is 0. The normalized spacial score (nSPS) is 20.5. The lowest BCUT2D eigenvalue weighted by atomic mass is 9.96. The van der Waals surface area contributed by atoms with Gasteiger partial charge in [0, 0.05) is 63.7 Å². The first kappa shape index (κ1) is 24.9. The Morgan fingerprint density at radius 2 is 1.79 bits per heavy atom. The van der Waals surface area contributed by atoms with Gasteiger partial charge in [-0.15, -0.1) is 0 Å². The molecule has 4 aromatic rings. The van der Waals surface area contributed by atoms with Crippen LogP contribution in [0.15, 0.2) is 36.7 Å². The molecule has 2 saturated heterocycles. The monoisotopic (exact) mass is 513 g/mol. The Balaban J connectivity index is 0.00000308. The van der Waals surface area contributed by atoms with Crippen molar-refractivity contribution in [1.82, 2.24) is 39.8 Å². The van der Waals surface area contributed by atoms with Crippen LogP contribution in [0, 0.1) is 26.7 Å². The van der Waals surface area contributed by atoms with Crippen LogP contribution in [-0.2, 0) is 13.0 Å². The molecular weight excluding hydrogens is 474 g/mol. The van der Waals surface area contributed by atoms with Crippen molar-refractivity contribution in [2.24, 2.45) is 5.92 Å². The molecule has 1 aromatic carbocycles. The van der Waals surface area contributed by atoms with Gasteiger partial charge >= 0.3 is 0 Å². The van der Waals surface area contributed by atoms with Gasteiger partial charge in [0.2, 0.25) is 0 Å². The lowest BCUT2D eigenvalue weighted by Crippen LogP contribution is -2.48. The summed E-state index contributed by atoms with van der Waals surface area (Å²) < 4.78 is 1.88. The molecule has 0 radical (unpaired) electrons. The number of aromatic nitrogens is 6. The van der Waals surface area contributed by atoms with Gasteiger partial charge in [0.05, 0.1) is 18.1 Å². The van der Waals surface area contributed by atoms with E-state index in [1.807, 2.05) is 23.8 Å². The fourth-order valence-electron chi connectivity index (χ4n) is 5.93. The second kappa shape index (κ2) is 10.4. The van der Waals surface area contributed by atoms with Crippen LogP contribution in [0.1, 0.15) is 43.1 Å². The first-order valence-electron chi connectivity index (χ1n) is 13.7. The standard InChI is InChI=1S/C29H37N9.H2/c1-19-16-36(12-10-30-19)17-23-5-7-25(8-6-23)28-31-14-26(15-32-28)37-11-9-24(18-37)13-27-20(2)33-29-34-22(4)35-38(29)21(27)3;/h5-8,14-15,19,24,30H,9-13,16-18H2,1-4H3;1H/t19-,24-;/m0./s1. The molecular formula is C29H39N9. The molecule has 9 heteroatoms. The van der Waals surface area contributed by atoms with Gasteiger partial charge in [-0.05, 0) is 57.6 Å². The molecule has 3 aromatic heterocycles. The third-order valence-electron chi connectivity index (χ3n) is 8.01. The van der Waals surface area contributed by atoms with E-state index in [0.29, 0.717) is 17.7 Å². The molecule has 0 aliphatic carbocycles. The van der Waals surface area contributed by atoms with Crippen molar-refractivity contribution in [3.05, 3.63) is 65.0 Å². The van der Waals surface area contributed by atoms with Crippen LogP contribution in [0.25, 0.3) is 17.2 Å². The highest BCUT2D eigenvalue weighted by Crippen LogP contribution is 2.28.